The molecule has 8 nitrogen and oxygen atoms in total. The van der Waals surface area contributed by atoms with Crippen LogP contribution in [0.2, 0.25) is 0 Å². The molecular weight excluding hydrogens is 375 g/mol. The highest BCUT2D eigenvalue weighted by molar-refractivity contribution is 7.89. The van der Waals surface area contributed by atoms with E-state index in [1.165, 1.54) is 22.5 Å². The number of sulfonamides is 1. The van der Waals surface area contributed by atoms with E-state index in [-0.39, 0.29) is 48.0 Å². The van der Waals surface area contributed by atoms with Gasteiger partial charge in [0.05, 0.1) is 21.4 Å². The number of nitrogens with zero attached hydrogens (tertiary/aromatic N) is 4. The van der Waals surface area contributed by atoms with Crippen molar-refractivity contribution in [3.8, 4) is 6.07 Å². The van der Waals surface area contributed by atoms with Crippen molar-refractivity contribution in [2.75, 3.05) is 31.1 Å². The number of halogens is 1. The Morgan fingerprint density at radius 3 is 2.41 bits per heavy atom. The second-order valence-corrected chi connectivity index (χ2v) is 7.80. The van der Waals surface area contributed by atoms with Crippen LogP contribution in [0.25, 0.3) is 0 Å². The van der Waals surface area contributed by atoms with Crippen LogP contribution in [-0.2, 0) is 10.0 Å². The SMILES string of the molecule is N#Cc1ccccc1S(=O)(=O)N1CCN(c2ccc(F)cc2[N+](=O)[O-])CC1. The molecule has 0 aromatic heterocycles. The van der Waals surface area contributed by atoms with E-state index in [4.69, 9.17) is 5.26 Å². The minimum absolute atomic E-state index is 0.0614. The first-order valence-electron chi connectivity index (χ1n) is 8.03. The van der Waals surface area contributed by atoms with Crippen LogP contribution in [-0.4, -0.2) is 43.8 Å². The van der Waals surface area contributed by atoms with Gasteiger partial charge < -0.3 is 4.90 Å². The van der Waals surface area contributed by atoms with E-state index in [1.807, 2.05) is 6.07 Å². The Hall–Kier alpha value is -3.03. The summed E-state index contributed by atoms with van der Waals surface area (Å²) in [5.41, 5.74) is -0.0499. The van der Waals surface area contributed by atoms with Crippen LogP contribution in [0.4, 0.5) is 15.8 Å². The summed E-state index contributed by atoms with van der Waals surface area (Å²) >= 11 is 0. The molecular formula is C17H15FN4O4S. The third-order valence-electron chi connectivity index (χ3n) is 4.34. The summed E-state index contributed by atoms with van der Waals surface area (Å²) in [7, 11) is -3.85. The van der Waals surface area contributed by atoms with Crippen molar-refractivity contribution >= 4 is 21.4 Å². The molecule has 27 heavy (non-hydrogen) atoms. The maximum absolute atomic E-state index is 13.3. The van der Waals surface area contributed by atoms with Crippen LogP contribution < -0.4 is 4.90 Å². The van der Waals surface area contributed by atoms with Crippen molar-refractivity contribution in [2.45, 2.75) is 4.90 Å². The summed E-state index contributed by atoms with van der Waals surface area (Å²) in [6.07, 6.45) is 0. The molecule has 140 valence electrons. The highest BCUT2D eigenvalue weighted by Crippen LogP contribution is 2.30. The molecule has 0 spiro atoms. The smallest absolute Gasteiger partial charge is 0.295 e. The molecule has 3 rings (SSSR count). The predicted octanol–water partition coefficient (Wildman–Crippen LogP) is 2.12. The van der Waals surface area contributed by atoms with Crippen molar-refractivity contribution in [1.29, 1.82) is 5.26 Å². The Kier molecular flexibility index (Phi) is 5.07. The van der Waals surface area contributed by atoms with Gasteiger partial charge in [-0.15, -0.1) is 0 Å². The Labute approximate surface area is 155 Å². The van der Waals surface area contributed by atoms with Crippen LogP contribution in [0.5, 0.6) is 0 Å². The van der Waals surface area contributed by atoms with Gasteiger partial charge in [0.2, 0.25) is 10.0 Å². The first kappa shape index (κ1) is 18.8. The van der Waals surface area contributed by atoms with Gasteiger partial charge in [0.15, 0.2) is 0 Å². The summed E-state index contributed by atoms with van der Waals surface area (Å²) in [6, 6.07) is 11.1. The molecule has 0 amide bonds. The molecule has 1 fully saturated rings. The van der Waals surface area contributed by atoms with Crippen LogP contribution in [0, 0.1) is 27.3 Å². The predicted molar refractivity (Wildman–Crippen MR) is 95.2 cm³/mol. The van der Waals surface area contributed by atoms with Crippen molar-refractivity contribution in [1.82, 2.24) is 4.31 Å². The van der Waals surface area contributed by atoms with Gasteiger partial charge in [-0.1, -0.05) is 12.1 Å². The van der Waals surface area contributed by atoms with E-state index in [0.29, 0.717) is 0 Å². The number of anilines is 1. The van der Waals surface area contributed by atoms with Crippen molar-refractivity contribution in [3.05, 3.63) is 64.0 Å². The standard InChI is InChI=1S/C17H15FN4O4S/c18-14-5-6-15(16(11-14)22(23)24)20-7-9-21(10-8-20)27(25,26)17-4-2-1-3-13(17)12-19/h1-6,11H,7-10H2. The lowest BCUT2D eigenvalue weighted by Crippen LogP contribution is -2.48. The fourth-order valence-corrected chi connectivity index (χ4v) is 4.57. The van der Waals surface area contributed by atoms with Gasteiger partial charge in [0, 0.05) is 26.2 Å². The number of nitriles is 1. The van der Waals surface area contributed by atoms with Crippen molar-refractivity contribution in [3.63, 3.8) is 0 Å². The zero-order valence-corrected chi connectivity index (χ0v) is 14.9. The van der Waals surface area contributed by atoms with E-state index in [0.717, 1.165) is 12.1 Å². The van der Waals surface area contributed by atoms with E-state index in [1.54, 1.807) is 17.0 Å². The number of nitro groups is 1. The number of benzene rings is 2. The molecule has 1 aliphatic heterocycles. The summed E-state index contributed by atoms with van der Waals surface area (Å²) < 4.78 is 40.2. The molecule has 1 saturated heterocycles. The molecule has 1 aliphatic rings. The molecule has 10 heteroatoms. The molecule has 2 aromatic carbocycles. The molecule has 0 N–H and O–H groups in total. The van der Waals surface area contributed by atoms with E-state index in [2.05, 4.69) is 0 Å². The van der Waals surface area contributed by atoms with Gasteiger partial charge in [0.1, 0.15) is 17.6 Å². The van der Waals surface area contributed by atoms with Crippen LogP contribution in [0.1, 0.15) is 5.56 Å². The zero-order chi connectivity index (χ0) is 19.6. The lowest BCUT2D eigenvalue weighted by Gasteiger charge is -2.35. The summed E-state index contributed by atoms with van der Waals surface area (Å²) in [4.78, 5) is 12.1. The lowest BCUT2D eigenvalue weighted by atomic mass is 10.2. The molecule has 1 heterocycles. The molecule has 0 saturated carbocycles. The van der Waals surface area contributed by atoms with Gasteiger partial charge in [-0.25, -0.2) is 12.8 Å². The first-order chi connectivity index (χ1) is 12.8. The normalized spacial score (nSPS) is 15.3. The summed E-state index contributed by atoms with van der Waals surface area (Å²) in [6.45, 7) is 0.605. The Balaban J connectivity index is 1.82. The average molecular weight is 390 g/mol. The average Bonchev–Trinajstić information content (AvgIpc) is 2.68. The van der Waals surface area contributed by atoms with E-state index >= 15 is 0 Å². The molecule has 2 aromatic rings. The molecule has 0 bridgehead atoms. The largest absolute Gasteiger partial charge is 0.363 e. The first-order valence-corrected chi connectivity index (χ1v) is 9.47. The van der Waals surface area contributed by atoms with Crippen molar-refractivity contribution < 1.29 is 17.7 Å². The second kappa shape index (κ2) is 7.30. The fourth-order valence-electron chi connectivity index (χ4n) is 3.00. The monoisotopic (exact) mass is 390 g/mol. The quantitative estimate of drug-likeness (QED) is 0.584. The number of rotatable bonds is 4. The summed E-state index contributed by atoms with van der Waals surface area (Å²) in [5.74, 6) is -0.709. The van der Waals surface area contributed by atoms with E-state index in [9.17, 15) is 22.9 Å². The molecule has 0 atom stereocenters. The minimum Gasteiger partial charge on any atom is -0.363 e. The van der Waals surface area contributed by atoms with Crippen molar-refractivity contribution in [2.24, 2.45) is 0 Å². The maximum Gasteiger partial charge on any atom is 0.295 e. The summed E-state index contributed by atoms with van der Waals surface area (Å²) in [5, 5.41) is 20.3. The minimum atomic E-state index is -3.85. The molecule has 0 unspecified atom stereocenters. The van der Waals surface area contributed by atoms with Gasteiger partial charge in [-0.3, -0.25) is 10.1 Å². The third kappa shape index (κ3) is 3.60. The number of hydrogen-bond acceptors (Lipinski definition) is 6. The van der Waals surface area contributed by atoms with Gasteiger partial charge in [0.25, 0.3) is 5.69 Å². The van der Waals surface area contributed by atoms with Crippen LogP contribution in [0.15, 0.2) is 47.4 Å². The second-order valence-electron chi connectivity index (χ2n) is 5.89. The fraction of sp³-hybridized carbons (Fsp3) is 0.235. The number of hydrogen-bond donors (Lipinski definition) is 0. The number of nitro benzene ring substituents is 1. The topological polar surface area (TPSA) is 108 Å². The highest BCUT2D eigenvalue weighted by Gasteiger charge is 2.32. The van der Waals surface area contributed by atoms with Crippen LogP contribution in [0.3, 0.4) is 0 Å². The molecule has 0 aliphatic carbocycles. The van der Waals surface area contributed by atoms with Gasteiger partial charge in [-0.2, -0.15) is 9.57 Å². The Morgan fingerprint density at radius 1 is 1.11 bits per heavy atom. The van der Waals surface area contributed by atoms with Gasteiger partial charge in [-0.05, 0) is 24.3 Å². The molecule has 0 radical (unpaired) electrons. The highest BCUT2D eigenvalue weighted by atomic mass is 32.2. The third-order valence-corrected chi connectivity index (χ3v) is 6.30. The van der Waals surface area contributed by atoms with Gasteiger partial charge >= 0.3 is 0 Å². The lowest BCUT2D eigenvalue weighted by molar-refractivity contribution is -0.384. The zero-order valence-electron chi connectivity index (χ0n) is 14.1. The Bertz CT molecular complexity index is 1030. The van der Waals surface area contributed by atoms with Crippen LogP contribution >= 0.6 is 0 Å². The number of piperazine rings is 1. The van der Waals surface area contributed by atoms with E-state index < -0.39 is 20.8 Å². The Morgan fingerprint density at radius 2 is 1.78 bits per heavy atom. The maximum atomic E-state index is 13.3.